The molecule has 30 heavy (non-hydrogen) atoms. The average Bonchev–Trinajstić information content (AvgIpc) is 2.63. The average molecular weight is 417 g/mol. The molecule has 2 saturated carbocycles. The largest absolute Gasteiger partial charge is 0.295 e. The molecule has 0 aromatic rings. The SMILES string of the molecule is CC(C)/C=C/C(=O)C1CCCC(C)(C)C1.CC(C)/C=C\C(=O)C1CCCC(C)(C)C1. The van der Waals surface area contributed by atoms with Crippen molar-refractivity contribution in [1.82, 2.24) is 0 Å². The molecular formula is C28H48O2. The summed E-state index contributed by atoms with van der Waals surface area (Å²) in [6, 6.07) is 0. The van der Waals surface area contributed by atoms with Crippen LogP contribution in [0.3, 0.4) is 0 Å². The van der Waals surface area contributed by atoms with Crippen molar-refractivity contribution >= 4 is 11.6 Å². The molecule has 0 spiro atoms. The second kappa shape index (κ2) is 12.0. The van der Waals surface area contributed by atoms with E-state index in [0.29, 0.717) is 34.2 Å². The fourth-order valence-electron chi connectivity index (χ4n) is 4.73. The van der Waals surface area contributed by atoms with Crippen LogP contribution in [-0.2, 0) is 9.59 Å². The lowest BCUT2D eigenvalue weighted by atomic mass is 9.71. The van der Waals surface area contributed by atoms with Gasteiger partial charge in [0.05, 0.1) is 0 Å². The number of rotatable bonds is 6. The smallest absolute Gasteiger partial charge is 0.158 e. The summed E-state index contributed by atoms with van der Waals surface area (Å²) in [5, 5.41) is 0. The molecule has 0 aliphatic heterocycles. The van der Waals surface area contributed by atoms with Crippen molar-refractivity contribution in [3.8, 4) is 0 Å². The summed E-state index contributed by atoms with van der Waals surface area (Å²) >= 11 is 0. The van der Waals surface area contributed by atoms with Gasteiger partial charge in [-0.3, -0.25) is 9.59 Å². The molecule has 0 amide bonds. The van der Waals surface area contributed by atoms with Gasteiger partial charge in [-0.2, -0.15) is 0 Å². The summed E-state index contributed by atoms with van der Waals surface area (Å²) in [6.07, 6.45) is 16.9. The Balaban J connectivity index is 0.000000300. The highest BCUT2D eigenvalue weighted by Gasteiger charge is 2.31. The van der Waals surface area contributed by atoms with E-state index in [1.807, 2.05) is 12.2 Å². The van der Waals surface area contributed by atoms with Crippen LogP contribution in [0.1, 0.15) is 107 Å². The lowest BCUT2D eigenvalue weighted by Gasteiger charge is -2.34. The second-order valence-corrected chi connectivity index (χ2v) is 11.9. The molecule has 2 rings (SSSR count). The number of hydrogen-bond donors (Lipinski definition) is 0. The highest BCUT2D eigenvalue weighted by molar-refractivity contribution is 5.92. The zero-order chi connectivity index (χ0) is 22.9. The van der Waals surface area contributed by atoms with Crippen LogP contribution in [0.4, 0.5) is 0 Å². The van der Waals surface area contributed by atoms with Gasteiger partial charge >= 0.3 is 0 Å². The van der Waals surface area contributed by atoms with E-state index in [9.17, 15) is 9.59 Å². The zero-order valence-electron chi connectivity index (χ0n) is 21.1. The first kappa shape index (κ1) is 26.9. The van der Waals surface area contributed by atoms with Gasteiger partial charge in [0.15, 0.2) is 11.6 Å². The number of hydrogen-bond acceptors (Lipinski definition) is 2. The minimum atomic E-state index is 0.281. The van der Waals surface area contributed by atoms with Crippen LogP contribution in [0.25, 0.3) is 0 Å². The van der Waals surface area contributed by atoms with Gasteiger partial charge < -0.3 is 0 Å². The molecule has 2 aliphatic carbocycles. The van der Waals surface area contributed by atoms with Gasteiger partial charge in [0.25, 0.3) is 0 Å². The van der Waals surface area contributed by atoms with Crippen LogP contribution < -0.4 is 0 Å². The zero-order valence-corrected chi connectivity index (χ0v) is 21.1. The molecule has 0 aromatic heterocycles. The highest BCUT2D eigenvalue weighted by Crippen LogP contribution is 2.39. The molecule has 2 fully saturated rings. The molecule has 0 radical (unpaired) electrons. The van der Waals surface area contributed by atoms with Gasteiger partial charge in [0.1, 0.15) is 0 Å². The van der Waals surface area contributed by atoms with Crippen molar-refractivity contribution in [2.24, 2.45) is 34.5 Å². The lowest BCUT2D eigenvalue weighted by Crippen LogP contribution is -2.27. The van der Waals surface area contributed by atoms with Crippen LogP contribution in [0, 0.1) is 34.5 Å². The summed E-state index contributed by atoms with van der Waals surface area (Å²) in [7, 11) is 0. The van der Waals surface area contributed by atoms with Gasteiger partial charge in [0.2, 0.25) is 0 Å². The molecule has 2 nitrogen and oxygen atoms in total. The van der Waals surface area contributed by atoms with Gasteiger partial charge in [-0.1, -0.05) is 80.4 Å². The molecule has 2 aliphatic rings. The first-order valence-corrected chi connectivity index (χ1v) is 12.3. The van der Waals surface area contributed by atoms with Crippen molar-refractivity contribution in [2.45, 2.75) is 107 Å². The van der Waals surface area contributed by atoms with Gasteiger partial charge in [-0.05, 0) is 73.3 Å². The number of allylic oxidation sites excluding steroid dienone is 4. The van der Waals surface area contributed by atoms with E-state index in [-0.39, 0.29) is 11.8 Å². The second-order valence-electron chi connectivity index (χ2n) is 11.9. The van der Waals surface area contributed by atoms with Crippen molar-refractivity contribution in [1.29, 1.82) is 0 Å². The Morgan fingerprint density at radius 3 is 1.30 bits per heavy atom. The standard InChI is InChI=1S/2C14H24O/c2*1-11(2)7-8-13(15)12-6-5-9-14(3,4)10-12/h2*7-8,11-12H,5-6,9-10H2,1-4H3/b8-7+;8-7-. The Bertz CT molecular complexity index is 550. The van der Waals surface area contributed by atoms with Crippen molar-refractivity contribution in [3.05, 3.63) is 24.3 Å². The molecule has 0 bridgehead atoms. The van der Waals surface area contributed by atoms with E-state index in [4.69, 9.17) is 0 Å². The van der Waals surface area contributed by atoms with Gasteiger partial charge in [0, 0.05) is 11.8 Å². The van der Waals surface area contributed by atoms with E-state index in [1.165, 1.54) is 25.7 Å². The summed E-state index contributed by atoms with van der Waals surface area (Å²) < 4.78 is 0. The van der Waals surface area contributed by atoms with Crippen LogP contribution in [0.5, 0.6) is 0 Å². The Hall–Kier alpha value is -1.18. The first-order chi connectivity index (χ1) is 13.8. The van der Waals surface area contributed by atoms with Crippen LogP contribution >= 0.6 is 0 Å². The minimum Gasteiger partial charge on any atom is -0.295 e. The lowest BCUT2D eigenvalue weighted by molar-refractivity contribution is -0.121. The third kappa shape index (κ3) is 10.7. The summed E-state index contributed by atoms with van der Waals surface area (Å²) in [5.41, 5.74) is 0.731. The molecule has 0 heterocycles. The van der Waals surface area contributed by atoms with Crippen LogP contribution in [0.2, 0.25) is 0 Å². The van der Waals surface area contributed by atoms with Crippen molar-refractivity contribution < 1.29 is 9.59 Å². The molecule has 0 N–H and O–H groups in total. The fraction of sp³-hybridized carbons (Fsp3) is 0.786. The molecule has 0 aromatic carbocycles. The predicted octanol–water partition coefficient (Wildman–Crippen LogP) is 7.97. The number of ketones is 2. The number of carbonyl (C=O) groups excluding carboxylic acids is 2. The van der Waals surface area contributed by atoms with Gasteiger partial charge in [-0.15, -0.1) is 0 Å². The normalized spacial score (nSPS) is 26.1. The third-order valence-electron chi connectivity index (χ3n) is 6.51. The Kier molecular flexibility index (Phi) is 10.8. The fourth-order valence-corrected chi connectivity index (χ4v) is 4.73. The van der Waals surface area contributed by atoms with E-state index < -0.39 is 0 Å². The maximum Gasteiger partial charge on any atom is 0.158 e. The van der Waals surface area contributed by atoms with E-state index in [2.05, 4.69) is 55.4 Å². The van der Waals surface area contributed by atoms with Crippen LogP contribution in [0.15, 0.2) is 24.3 Å². The molecule has 2 heteroatoms. The van der Waals surface area contributed by atoms with Crippen molar-refractivity contribution in [3.63, 3.8) is 0 Å². The number of carbonyl (C=O) groups is 2. The molecular weight excluding hydrogens is 368 g/mol. The minimum absolute atomic E-state index is 0.281. The van der Waals surface area contributed by atoms with Gasteiger partial charge in [-0.25, -0.2) is 0 Å². The van der Waals surface area contributed by atoms with E-state index >= 15 is 0 Å². The Morgan fingerprint density at radius 1 is 0.700 bits per heavy atom. The topological polar surface area (TPSA) is 34.1 Å². The predicted molar refractivity (Wildman–Crippen MR) is 129 cm³/mol. The molecule has 172 valence electrons. The summed E-state index contributed by atoms with van der Waals surface area (Å²) in [4.78, 5) is 23.8. The summed E-state index contributed by atoms with van der Waals surface area (Å²) in [6.45, 7) is 17.5. The van der Waals surface area contributed by atoms with E-state index in [1.54, 1.807) is 12.2 Å². The Morgan fingerprint density at radius 2 is 1.03 bits per heavy atom. The monoisotopic (exact) mass is 416 g/mol. The van der Waals surface area contributed by atoms with Crippen molar-refractivity contribution in [2.75, 3.05) is 0 Å². The third-order valence-corrected chi connectivity index (χ3v) is 6.51. The Labute approximate surface area is 187 Å². The van der Waals surface area contributed by atoms with E-state index in [0.717, 1.165) is 25.7 Å². The first-order valence-electron chi connectivity index (χ1n) is 12.3. The highest BCUT2D eigenvalue weighted by atomic mass is 16.1. The van der Waals surface area contributed by atoms with Crippen LogP contribution in [-0.4, -0.2) is 11.6 Å². The maximum atomic E-state index is 11.9. The molecule has 2 atom stereocenters. The molecule has 2 unspecified atom stereocenters. The molecule has 0 saturated heterocycles. The maximum absolute atomic E-state index is 11.9. The quantitative estimate of drug-likeness (QED) is 0.411. The summed E-state index contributed by atoms with van der Waals surface area (Å²) in [5.74, 6) is 2.21.